The molecule has 5 N–H and O–H groups in total. The van der Waals surface area contributed by atoms with Crippen molar-refractivity contribution in [2.75, 3.05) is 35.6 Å². The smallest absolute Gasteiger partial charge is 0.347 e. The van der Waals surface area contributed by atoms with Crippen LogP contribution < -0.4 is 21.3 Å². The third kappa shape index (κ3) is 6.83. The van der Waals surface area contributed by atoms with Gasteiger partial charge in [-0.15, -0.1) is 11.3 Å². The molecular weight excluding hydrogens is 586 g/mol. The second-order valence-corrected chi connectivity index (χ2v) is 11.5. The first-order valence-electron chi connectivity index (χ1n) is 14.5. The molecule has 14 heteroatoms. The lowest BCUT2D eigenvalue weighted by molar-refractivity contribution is -0.137. The number of hydrogen-bond acceptors (Lipinski definition) is 11. The average Bonchev–Trinajstić information content (AvgIpc) is 3.70. The van der Waals surface area contributed by atoms with Crippen LogP contribution in [-0.2, 0) is 20.8 Å². The number of aromatic nitrogens is 3. The number of urea groups is 1. The molecule has 2 aliphatic rings. The summed E-state index contributed by atoms with van der Waals surface area (Å²) in [6, 6.07) is 9.29. The first-order chi connectivity index (χ1) is 21.2. The zero-order chi connectivity index (χ0) is 31.3. The van der Waals surface area contributed by atoms with Gasteiger partial charge in [0.25, 0.3) is 0 Å². The maximum Gasteiger partial charge on any atom is 0.347 e. The Labute approximate surface area is 259 Å². The van der Waals surface area contributed by atoms with Gasteiger partial charge in [0.15, 0.2) is 17.4 Å². The molecule has 1 saturated carbocycles. The van der Waals surface area contributed by atoms with E-state index in [0.717, 1.165) is 16.9 Å². The predicted molar refractivity (Wildman–Crippen MR) is 166 cm³/mol. The van der Waals surface area contributed by atoms with E-state index in [2.05, 4.69) is 30.5 Å². The van der Waals surface area contributed by atoms with Crippen LogP contribution in [0.1, 0.15) is 48.1 Å². The summed E-state index contributed by atoms with van der Waals surface area (Å²) in [7, 11) is 0. The Hall–Kier alpha value is -4.11. The van der Waals surface area contributed by atoms with Crippen LogP contribution in [0.4, 0.5) is 22.1 Å². The lowest BCUT2D eigenvalue weighted by Crippen LogP contribution is -2.44. The van der Waals surface area contributed by atoms with E-state index in [1.54, 1.807) is 0 Å². The van der Waals surface area contributed by atoms with Gasteiger partial charge >= 0.3 is 12.0 Å². The van der Waals surface area contributed by atoms with Crippen molar-refractivity contribution in [3.8, 4) is 0 Å². The van der Waals surface area contributed by atoms with Crippen molar-refractivity contribution in [1.29, 1.82) is 0 Å². The Morgan fingerprint density at radius 3 is 2.70 bits per heavy atom. The van der Waals surface area contributed by atoms with Crippen LogP contribution in [0.5, 0.6) is 0 Å². The van der Waals surface area contributed by atoms with Gasteiger partial charge in [0.05, 0.1) is 36.6 Å². The minimum Gasteiger partial charge on any atom is -0.477 e. The number of ether oxygens (including phenoxy) is 3. The summed E-state index contributed by atoms with van der Waals surface area (Å²) < 4.78 is 19.3. The fraction of sp³-hybridized carbons (Fsp3) is 0.433. The molecule has 1 aliphatic heterocycles. The molecule has 1 aromatic carbocycles. The summed E-state index contributed by atoms with van der Waals surface area (Å²) in [5.41, 5.74) is 9.67. The molecule has 4 unspecified atom stereocenters. The van der Waals surface area contributed by atoms with Gasteiger partial charge in [0.1, 0.15) is 23.0 Å². The summed E-state index contributed by atoms with van der Waals surface area (Å²) >= 11 is 1.07. The number of carbonyl (C=O) groups excluding carboxylic acids is 1. The van der Waals surface area contributed by atoms with Gasteiger partial charge in [-0.3, -0.25) is 5.32 Å². The first-order valence-corrected chi connectivity index (χ1v) is 15.4. The average molecular weight is 624 g/mol. The van der Waals surface area contributed by atoms with E-state index >= 15 is 0 Å². The molecule has 44 heavy (non-hydrogen) atoms. The summed E-state index contributed by atoms with van der Waals surface area (Å²) in [5.74, 6) is -1.43. The highest BCUT2D eigenvalue weighted by atomic mass is 32.1. The Morgan fingerprint density at radius 2 is 1.98 bits per heavy atom. The summed E-state index contributed by atoms with van der Waals surface area (Å²) in [4.78, 5) is 38.8. The Balaban J connectivity index is 1.39. The molecule has 13 nitrogen and oxygen atoms in total. The Kier molecular flexibility index (Phi) is 9.74. The number of rotatable bonds is 12. The highest BCUT2D eigenvalue weighted by Gasteiger charge is 2.56. The summed E-state index contributed by atoms with van der Waals surface area (Å²) in [6.07, 6.45) is 5.19. The van der Waals surface area contributed by atoms with Crippen LogP contribution in [0, 0.1) is 5.92 Å². The zero-order valence-corrected chi connectivity index (χ0v) is 25.6. The normalized spacial score (nSPS) is 24.3. The maximum absolute atomic E-state index is 12.2. The molecule has 0 spiro atoms. The third-order valence-electron chi connectivity index (χ3n) is 7.68. The number of anilines is 3. The van der Waals surface area contributed by atoms with Crippen molar-refractivity contribution in [2.24, 2.45) is 5.92 Å². The zero-order valence-electron chi connectivity index (χ0n) is 24.8. The number of aromatic carboxylic acids is 1. The highest BCUT2D eigenvalue weighted by molar-refractivity contribution is 7.11. The number of hydrogen-bond donors (Lipinski definition) is 4. The van der Waals surface area contributed by atoms with Crippen LogP contribution in [0.15, 0.2) is 48.2 Å². The highest BCUT2D eigenvalue weighted by Crippen LogP contribution is 2.46. The van der Waals surface area contributed by atoms with Crippen LogP contribution >= 0.6 is 11.3 Å². The molecule has 5 rings (SSSR count). The molecular formula is C30H37N7O6S. The standard InChI is InChI=1S/C30H37N7O6S/c1-4-32-29(40)36-26-22(31)27(34-16-33-26)37(5-2)21-13-19(14-41-15-20-25(28(38)39)44-17-35-20)23-24(21)43-30(3,42-23)12-11-18-9-7-6-8-10-18/h6-12,16-17,19,21,23-24H,4-5,13-15,31H2,1-3H3,(H,38,39)(H2,32,33,34,36,40)/b12-11+/t19?,21?,23?,24?,30-/m0/s1. The van der Waals surface area contributed by atoms with E-state index in [4.69, 9.17) is 19.9 Å². The number of nitrogen functional groups attached to an aromatic ring is 1. The summed E-state index contributed by atoms with van der Waals surface area (Å²) in [6.45, 7) is 7.07. The third-order valence-corrected chi connectivity index (χ3v) is 8.54. The topological polar surface area (TPSA) is 174 Å². The minimum atomic E-state index is -1.03. The number of thiazole rings is 1. The minimum absolute atomic E-state index is 0.0704. The van der Waals surface area contributed by atoms with E-state index in [0.29, 0.717) is 37.6 Å². The van der Waals surface area contributed by atoms with Crippen molar-refractivity contribution in [3.05, 3.63) is 64.4 Å². The fourth-order valence-corrected chi connectivity index (χ4v) is 6.36. The number of carboxylic acids is 1. The lowest BCUT2D eigenvalue weighted by atomic mass is 10.1. The van der Waals surface area contributed by atoms with Crippen molar-refractivity contribution < 1.29 is 28.9 Å². The molecule has 234 valence electrons. The van der Waals surface area contributed by atoms with Gasteiger partial charge in [-0.2, -0.15) is 0 Å². The van der Waals surface area contributed by atoms with Crippen molar-refractivity contribution in [3.63, 3.8) is 0 Å². The number of fused-ring (bicyclic) bond motifs is 1. The molecule has 3 heterocycles. The second kappa shape index (κ2) is 13.7. The van der Waals surface area contributed by atoms with Gasteiger partial charge in [-0.25, -0.2) is 24.5 Å². The largest absolute Gasteiger partial charge is 0.477 e. The monoisotopic (exact) mass is 623 g/mol. The molecule has 0 bridgehead atoms. The van der Waals surface area contributed by atoms with Gasteiger partial charge in [-0.1, -0.05) is 36.4 Å². The van der Waals surface area contributed by atoms with Gasteiger partial charge < -0.3 is 35.3 Å². The fourth-order valence-electron chi connectivity index (χ4n) is 5.72. The van der Waals surface area contributed by atoms with Gasteiger partial charge in [-0.05, 0) is 38.8 Å². The van der Waals surface area contributed by atoms with E-state index in [1.165, 1.54) is 11.8 Å². The van der Waals surface area contributed by atoms with E-state index in [1.807, 2.05) is 63.3 Å². The van der Waals surface area contributed by atoms with Crippen LogP contribution in [0.3, 0.4) is 0 Å². The number of nitrogens with two attached hydrogens (primary N) is 1. The quantitative estimate of drug-likeness (QED) is 0.230. The van der Waals surface area contributed by atoms with Crippen LogP contribution in [-0.4, -0.2) is 75.8 Å². The molecule has 1 saturated heterocycles. The van der Waals surface area contributed by atoms with Crippen LogP contribution in [0.2, 0.25) is 0 Å². The number of amides is 2. The molecule has 2 fully saturated rings. The summed E-state index contributed by atoms with van der Waals surface area (Å²) in [5, 5.41) is 14.8. The molecule has 0 radical (unpaired) electrons. The van der Waals surface area contributed by atoms with Gasteiger partial charge in [0.2, 0.25) is 0 Å². The number of benzene rings is 1. The van der Waals surface area contributed by atoms with E-state index in [-0.39, 0.29) is 47.2 Å². The Morgan fingerprint density at radius 1 is 1.20 bits per heavy atom. The number of likely N-dealkylation sites (N-methyl/N-ethyl adjacent to an activating group) is 1. The van der Waals surface area contributed by atoms with E-state index < -0.39 is 17.8 Å². The van der Waals surface area contributed by atoms with E-state index in [9.17, 15) is 14.7 Å². The predicted octanol–water partition coefficient (Wildman–Crippen LogP) is 4.00. The number of carbonyl (C=O) groups is 2. The molecule has 5 atom stereocenters. The molecule has 1 aliphatic carbocycles. The Bertz CT molecular complexity index is 1490. The SMILES string of the molecule is CCNC(=O)Nc1ncnc(N(CC)C2CC(COCc3ncsc3C(=O)O)C3O[C@](C)(/C=C/c4ccccc4)OC32)c1N. The van der Waals surface area contributed by atoms with Crippen molar-refractivity contribution >= 4 is 46.7 Å². The number of nitrogens with zero attached hydrogens (tertiary/aromatic N) is 4. The molecule has 2 amide bonds. The molecule has 3 aromatic rings. The van der Waals surface area contributed by atoms with Gasteiger partial charge in [0, 0.05) is 19.0 Å². The van der Waals surface area contributed by atoms with Crippen molar-refractivity contribution in [2.45, 2.75) is 57.8 Å². The molecule has 2 aromatic heterocycles. The maximum atomic E-state index is 12.2. The lowest BCUT2D eigenvalue weighted by Gasteiger charge is -2.34. The number of carboxylic acid groups (broad SMARTS) is 1. The number of nitrogens with one attached hydrogen (secondary N) is 2. The van der Waals surface area contributed by atoms with Crippen LogP contribution in [0.25, 0.3) is 6.08 Å². The second-order valence-electron chi connectivity index (χ2n) is 10.7. The first kappa shape index (κ1) is 31.3. The van der Waals surface area contributed by atoms with Crippen molar-refractivity contribution in [1.82, 2.24) is 20.3 Å².